The lowest BCUT2D eigenvalue weighted by molar-refractivity contribution is -0.139. The van der Waals surface area contributed by atoms with Gasteiger partial charge in [-0.15, -0.1) is 11.7 Å². The molecule has 0 fully saturated rings. The third kappa shape index (κ3) is 4.18. The van der Waals surface area contributed by atoms with Crippen LogP contribution in [0.3, 0.4) is 0 Å². The van der Waals surface area contributed by atoms with Gasteiger partial charge in [0.15, 0.2) is 0 Å². The number of carbonyl (C=O) groups is 1. The van der Waals surface area contributed by atoms with Gasteiger partial charge >= 0.3 is 6.18 Å². The Morgan fingerprint density at radius 2 is 1.96 bits per heavy atom. The van der Waals surface area contributed by atoms with Crippen LogP contribution < -0.4 is 0 Å². The van der Waals surface area contributed by atoms with Crippen LogP contribution in [0.15, 0.2) is 36.9 Å². The molecule has 1 heterocycles. The van der Waals surface area contributed by atoms with Crippen LogP contribution in [0.1, 0.15) is 16.4 Å². The Morgan fingerprint density at radius 3 is 2.50 bits per heavy atom. The number of alkyl halides is 3. The molecule has 128 valence electrons. The van der Waals surface area contributed by atoms with Crippen LogP contribution in [0.25, 0.3) is 5.69 Å². The van der Waals surface area contributed by atoms with Crippen LogP contribution >= 0.6 is 0 Å². The van der Waals surface area contributed by atoms with E-state index >= 15 is 0 Å². The summed E-state index contributed by atoms with van der Waals surface area (Å²) in [5.74, 6) is -1.50. The summed E-state index contributed by atoms with van der Waals surface area (Å²) < 4.78 is 52.0. The van der Waals surface area contributed by atoms with Gasteiger partial charge in [-0.05, 0) is 31.2 Å². The standard InChI is InChI=1S/C15H14F4N4O/c1-3-8-22(9-15(17,18)19)14(24)13-20-10(2)23(21-13)12-6-4-11(16)5-7-12/h3-7H,1,8-9H2,2H3. The number of aromatic nitrogens is 3. The molecule has 0 aliphatic carbocycles. The lowest BCUT2D eigenvalue weighted by Crippen LogP contribution is -2.39. The number of benzene rings is 1. The van der Waals surface area contributed by atoms with Crippen LogP contribution in [-0.2, 0) is 0 Å². The van der Waals surface area contributed by atoms with Crippen LogP contribution in [0.2, 0.25) is 0 Å². The first kappa shape index (κ1) is 17.6. The van der Waals surface area contributed by atoms with E-state index in [0.29, 0.717) is 10.6 Å². The topological polar surface area (TPSA) is 51.0 Å². The van der Waals surface area contributed by atoms with Crippen molar-refractivity contribution < 1.29 is 22.4 Å². The Kier molecular flexibility index (Phi) is 5.01. The summed E-state index contributed by atoms with van der Waals surface area (Å²) in [5.41, 5.74) is 0.437. The van der Waals surface area contributed by atoms with Crippen molar-refractivity contribution in [1.82, 2.24) is 19.7 Å². The van der Waals surface area contributed by atoms with Gasteiger partial charge in [0.05, 0.1) is 5.69 Å². The van der Waals surface area contributed by atoms with Crippen molar-refractivity contribution in [3.8, 4) is 5.69 Å². The zero-order valence-electron chi connectivity index (χ0n) is 12.7. The Bertz CT molecular complexity index is 737. The molecule has 0 atom stereocenters. The predicted octanol–water partition coefficient (Wildman–Crippen LogP) is 2.91. The fourth-order valence-electron chi connectivity index (χ4n) is 2.04. The maximum Gasteiger partial charge on any atom is 0.406 e. The molecule has 5 nitrogen and oxygen atoms in total. The van der Waals surface area contributed by atoms with E-state index in [2.05, 4.69) is 16.7 Å². The quantitative estimate of drug-likeness (QED) is 0.620. The minimum Gasteiger partial charge on any atom is -0.323 e. The Balaban J connectivity index is 2.31. The molecule has 0 saturated heterocycles. The van der Waals surface area contributed by atoms with E-state index in [9.17, 15) is 22.4 Å². The third-order valence-electron chi connectivity index (χ3n) is 3.04. The molecule has 0 aliphatic heterocycles. The highest BCUT2D eigenvalue weighted by Gasteiger charge is 2.34. The van der Waals surface area contributed by atoms with Gasteiger partial charge < -0.3 is 4.90 Å². The van der Waals surface area contributed by atoms with Crippen molar-refractivity contribution in [2.45, 2.75) is 13.1 Å². The SMILES string of the molecule is C=CCN(CC(F)(F)F)C(=O)c1nc(C)n(-c2ccc(F)cc2)n1. The summed E-state index contributed by atoms with van der Waals surface area (Å²) >= 11 is 0. The summed E-state index contributed by atoms with van der Waals surface area (Å²) in [5, 5.41) is 3.93. The molecule has 2 rings (SSSR count). The monoisotopic (exact) mass is 342 g/mol. The van der Waals surface area contributed by atoms with Gasteiger partial charge in [-0.1, -0.05) is 6.08 Å². The van der Waals surface area contributed by atoms with E-state index < -0.39 is 24.4 Å². The number of hydrogen-bond donors (Lipinski definition) is 0. The molecule has 0 saturated carbocycles. The lowest BCUT2D eigenvalue weighted by Gasteiger charge is -2.20. The zero-order valence-corrected chi connectivity index (χ0v) is 12.7. The molecule has 1 amide bonds. The highest BCUT2D eigenvalue weighted by atomic mass is 19.4. The van der Waals surface area contributed by atoms with Crippen molar-refractivity contribution in [1.29, 1.82) is 0 Å². The normalized spacial score (nSPS) is 11.4. The number of carbonyl (C=O) groups excluding carboxylic acids is 1. The largest absolute Gasteiger partial charge is 0.406 e. The summed E-state index contributed by atoms with van der Waals surface area (Å²) in [6, 6.07) is 5.24. The lowest BCUT2D eigenvalue weighted by atomic mass is 10.3. The molecule has 0 aliphatic rings. The van der Waals surface area contributed by atoms with Crippen LogP contribution in [0, 0.1) is 12.7 Å². The highest BCUT2D eigenvalue weighted by molar-refractivity contribution is 5.90. The average Bonchev–Trinajstić information content (AvgIpc) is 2.87. The number of hydrogen-bond acceptors (Lipinski definition) is 3. The van der Waals surface area contributed by atoms with Gasteiger partial charge in [-0.2, -0.15) is 13.2 Å². The maximum absolute atomic E-state index is 13.0. The van der Waals surface area contributed by atoms with E-state index in [-0.39, 0.29) is 18.2 Å². The first-order valence-corrected chi connectivity index (χ1v) is 6.88. The molecular formula is C15H14F4N4O. The molecule has 0 bridgehead atoms. The van der Waals surface area contributed by atoms with Gasteiger partial charge in [0, 0.05) is 6.54 Å². The molecule has 1 aromatic heterocycles. The first-order valence-electron chi connectivity index (χ1n) is 6.88. The van der Waals surface area contributed by atoms with Crippen LogP contribution in [0.4, 0.5) is 17.6 Å². The van der Waals surface area contributed by atoms with Crippen molar-refractivity contribution in [3.05, 3.63) is 54.4 Å². The minimum absolute atomic E-state index is 0.288. The average molecular weight is 342 g/mol. The molecule has 0 unspecified atom stereocenters. The van der Waals surface area contributed by atoms with Gasteiger partial charge in [0.25, 0.3) is 5.91 Å². The van der Waals surface area contributed by atoms with Crippen LogP contribution in [-0.4, -0.2) is 44.8 Å². The smallest absolute Gasteiger partial charge is 0.323 e. The molecule has 2 aromatic rings. The van der Waals surface area contributed by atoms with E-state index in [1.54, 1.807) is 0 Å². The van der Waals surface area contributed by atoms with Crippen molar-refractivity contribution in [2.24, 2.45) is 0 Å². The minimum atomic E-state index is -4.55. The van der Waals surface area contributed by atoms with Gasteiger partial charge in [-0.25, -0.2) is 14.1 Å². The Labute approximate surface area is 135 Å². The van der Waals surface area contributed by atoms with Gasteiger partial charge in [0.2, 0.25) is 5.82 Å². The summed E-state index contributed by atoms with van der Waals surface area (Å²) in [4.78, 5) is 16.7. The number of rotatable bonds is 5. The summed E-state index contributed by atoms with van der Waals surface area (Å²) in [7, 11) is 0. The maximum atomic E-state index is 13.0. The van der Waals surface area contributed by atoms with Crippen LogP contribution in [0.5, 0.6) is 0 Å². The number of halogens is 4. The van der Waals surface area contributed by atoms with Gasteiger partial charge in [-0.3, -0.25) is 4.79 Å². The Hall–Kier alpha value is -2.71. The highest BCUT2D eigenvalue weighted by Crippen LogP contribution is 2.18. The fraction of sp³-hybridized carbons (Fsp3) is 0.267. The molecule has 0 N–H and O–H groups in total. The van der Waals surface area contributed by atoms with Gasteiger partial charge in [0.1, 0.15) is 18.2 Å². The van der Waals surface area contributed by atoms with Crippen molar-refractivity contribution >= 4 is 5.91 Å². The molecule has 0 radical (unpaired) electrons. The molecule has 9 heteroatoms. The molecular weight excluding hydrogens is 328 g/mol. The summed E-state index contributed by atoms with van der Waals surface area (Å²) in [6.07, 6.45) is -3.36. The van der Waals surface area contributed by atoms with E-state index in [4.69, 9.17) is 0 Å². The summed E-state index contributed by atoms with van der Waals surface area (Å²) in [6.45, 7) is 3.16. The van der Waals surface area contributed by atoms with Crippen molar-refractivity contribution in [3.63, 3.8) is 0 Å². The molecule has 24 heavy (non-hydrogen) atoms. The predicted molar refractivity (Wildman–Crippen MR) is 78.2 cm³/mol. The second-order valence-electron chi connectivity index (χ2n) is 4.96. The number of nitrogens with zero attached hydrogens (tertiary/aromatic N) is 4. The molecule has 0 spiro atoms. The van der Waals surface area contributed by atoms with E-state index in [0.717, 1.165) is 0 Å². The van der Waals surface area contributed by atoms with Crippen molar-refractivity contribution in [2.75, 3.05) is 13.1 Å². The fourth-order valence-corrected chi connectivity index (χ4v) is 2.04. The Morgan fingerprint density at radius 1 is 1.33 bits per heavy atom. The zero-order chi connectivity index (χ0) is 17.9. The number of amides is 1. The molecule has 1 aromatic carbocycles. The second-order valence-corrected chi connectivity index (χ2v) is 4.96. The third-order valence-corrected chi connectivity index (χ3v) is 3.04. The first-order chi connectivity index (χ1) is 11.2. The number of aryl methyl sites for hydroxylation is 1. The van der Waals surface area contributed by atoms with E-state index in [1.807, 2.05) is 0 Å². The van der Waals surface area contributed by atoms with E-state index in [1.165, 1.54) is 41.9 Å². The second kappa shape index (κ2) is 6.81.